The lowest BCUT2D eigenvalue weighted by Gasteiger charge is -2.04. The van der Waals surface area contributed by atoms with E-state index in [4.69, 9.17) is 9.26 Å². The minimum Gasteiger partial charge on any atom is -0.496 e. The standard InChI is InChI=1S/C13H11BrN2O4/c1-8-13(16(17)18)12(20-15-8)5-3-9-7-10(14)4-6-11(9)19-2/h3-7H,1-2H3. The normalized spacial score (nSPS) is 10.9. The van der Waals surface area contributed by atoms with Crippen LogP contribution in [0.5, 0.6) is 5.75 Å². The lowest BCUT2D eigenvalue weighted by Crippen LogP contribution is -1.90. The summed E-state index contributed by atoms with van der Waals surface area (Å²) in [6.07, 6.45) is 3.18. The van der Waals surface area contributed by atoms with E-state index in [0.717, 1.165) is 10.0 Å². The van der Waals surface area contributed by atoms with Crippen molar-refractivity contribution < 1.29 is 14.2 Å². The van der Waals surface area contributed by atoms with Gasteiger partial charge >= 0.3 is 5.69 Å². The highest BCUT2D eigenvalue weighted by Gasteiger charge is 2.21. The number of methoxy groups -OCH3 is 1. The Bertz CT molecular complexity index is 679. The summed E-state index contributed by atoms with van der Waals surface area (Å²) in [5, 5.41) is 14.5. The Morgan fingerprint density at radius 1 is 1.45 bits per heavy atom. The third kappa shape index (κ3) is 2.88. The molecule has 1 aromatic carbocycles. The first-order valence-electron chi connectivity index (χ1n) is 5.65. The highest BCUT2D eigenvalue weighted by Crippen LogP contribution is 2.28. The number of rotatable bonds is 4. The van der Waals surface area contributed by atoms with Gasteiger partial charge in [-0.15, -0.1) is 0 Å². The zero-order chi connectivity index (χ0) is 14.7. The quantitative estimate of drug-likeness (QED) is 0.625. The zero-order valence-electron chi connectivity index (χ0n) is 10.8. The van der Waals surface area contributed by atoms with Gasteiger partial charge in [0.2, 0.25) is 5.76 Å². The molecule has 0 N–H and O–H groups in total. The fourth-order valence-corrected chi connectivity index (χ4v) is 2.09. The van der Waals surface area contributed by atoms with E-state index < -0.39 is 4.92 Å². The molecule has 6 nitrogen and oxygen atoms in total. The molecule has 0 aliphatic carbocycles. The van der Waals surface area contributed by atoms with Crippen LogP contribution in [0.1, 0.15) is 17.0 Å². The Labute approximate surface area is 123 Å². The van der Waals surface area contributed by atoms with Crippen LogP contribution < -0.4 is 4.74 Å². The number of hydrogen-bond donors (Lipinski definition) is 0. The van der Waals surface area contributed by atoms with Crippen LogP contribution in [0.25, 0.3) is 12.2 Å². The van der Waals surface area contributed by atoms with Crippen LogP contribution in [0.4, 0.5) is 5.69 Å². The van der Waals surface area contributed by atoms with Gasteiger partial charge in [-0.25, -0.2) is 0 Å². The summed E-state index contributed by atoms with van der Waals surface area (Å²) in [4.78, 5) is 10.4. The van der Waals surface area contributed by atoms with E-state index >= 15 is 0 Å². The van der Waals surface area contributed by atoms with E-state index in [2.05, 4.69) is 21.1 Å². The van der Waals surface area contributed by atoms with Gasteiger partial charge in [0.25, 0.3) is 0 Å². The smallest absolute Gasteiger partial charge is 0.338 e. The second kappa shape index (κ2) is 5.87. The summed E-state index contributed by atoms with van der Waals surface area (Å²) < 4.78 is 11.0. The number of aromatic nitrogens is 1. The molecule has 0 amide bonds. The Morgan fingerprint density at radius 2 is 2.20 bits per heavy atom. The molecule has 0 atom stereocenters. The Hall–Kier alpha value is -2.15. The Balaban J connectivity index is 2.39. The summed E-state index contributed by atoms with van der Waals surface area (Å²) in [5.74, 6) is 0.762. The molecule has 104 valence electrons. The third-order valence-electron chi connectivity index (χ3n) is 2.65. The fraction of sp³-hybridized carbons (Fsp3) is 0.154. The molecule has 0 saturated carbocycles. The summed E-state index contributed by atoms with van der Waals surface area (Å²) >= 11 is 3.36. The predicted molar refractivity (Wildman–Crippen MR) is 77.5 cm³/mol. The molecule has 0 saturated heterocycles. The van der Waals surface area contributed by atoms with Gasteiger partial charge in [-0.1, -0.05) is 21.1 Å². The summed E-state index contributed by atoms with van der Waals surface area (Å²) in [5.41, 5.74) is 0.885. The van der Waals surface area contributed by atoms with Gasteiger partial charge in [-0.2, -0.15) is 0 Å². The molecular weight excluding hydrogens is 328 g/mol. The largest absolute Gasteiger partial charge is 0.496 e. The van der Waals surface area contributed by atoms with Crippen LogP contribution in [0.2, 0.25) is 0 Å². The maximum Gasteiger partial charge on any atom is 0.338 e. The SMILES string of the molecule is COc1ccc(Br)cc1C=Cc1onc(C)c1[N+](=O)[O-]. The fourth-order valence-electron chi connectivity index (χ4n) is 1.71. The highest BCUT2D eigenvalue weighted by atomic mass is 79.9. The average molecular weight is 339 g/mol. The van der Waals surface area contributed by atoms with E-state index in [0.29, 0.717) is 5.75 Å². The number of aryl methyl sites for hydroxylation is 1. The molecule has 2 aromatic rings. The molecular formula is C13H11BrN2O4. The number of hydrogen-bond acceptors (Lipinski definition) is 5. The van der Waals surface area contributed by atoms with Crippen LogP contribution in [-0.4, -0.2) is 17.2 Å². The second-order valence-corrected chi connectivity index (χ2v) is 4.87. The van der Waals surface area contributed by atoms with Gasteiger partial charge < -0.3 is 9.26 Å². The van der Waals surface area contributed by atoms with E-state index in [1.807, 2.05) is 12.1 Å². The average Bonchev–Trinajstić information content (AvgIpc) is 2.77. The van der Waals surface area contributed by atoms with Crippen molar-refractivity contribution in [1.29, 1.82) is 0 Å². The molecule has 0 unspecified atom stereocenters. The number of halogens is 1. The highest BCUT2D eigenvalue weighted by molar-refractivity contribution is 9.10. The minimum atomic E-state index is -0.510. The maximum absolute atomic E-state index is 10.9. The molecule has 20 heavy (non-hydrogen) atoms. The minimum absolute atomic E-state index is 0.106. The van der Waals surface area contributed by atoms with Gasteiger partial charge in [-0.05, 0) is 37.3 Å². The lowest BCUT2D eigenvalue weighted by atomic mass is 10.1. The summed E-state index contributed by atoms with van der Waals surface area (Å²) in [6, 6.07) is 5.48. The molecule has 1 aromatic heterocycles. The van der Waals surface area contributed by atoms with Crippen LogP contribution in [0.3, 0.4) is 0 Å². The van der Waals surface area contributed by atoms with Crippen molar-refractivity contribution in [2.75, 3.05) is 7.11 Å². The molecule has 7 heteroatoms. The van der Waals surface area contributed by atoms with Crippen molar-refractivity contribution in [3.05, 3.63) is 49.8 Å². The lowest BCUT2D eigenvalue weighted by molar-refractivity contribution is -0.386. The van der Waals surface area contributed by atoms with E-state index in [-0.39, 0.29) is 17.1 Å². The molecule has 0 aliphatic rings. The first-order valence-corrected chi connectivity index (χ1v) is 6.44. The van der Waals surface area contributed by atoms with E-state index in [9.17, 15) is 10.1 Å². The summed E-state index contributed by atoms with van der Waals surface area (Å²) in [7, 11) is 1.56. The van der Waals surface area contributed by atoms with Gasteiger partial charge in [0.15, 0.2) is 5.69 Å². The molecule has 0 radical (unpaired) electrons. The number of nitrogens with zero attached hydrogens (tertiary/aromatic N) is 2. The van der Waals surface area contributed by atoms with Gasteiger partial charge in [0, 0.05) is 10.0 Å². The molecule has 0 fully saturated rings. The van der Waals surface area contributed by atoms with Crippen molar-refractivity contribution in [3.63, 3.8) is 0 Å². The molecule has 0 bridgehead atoms. The van der Waals surface area contributed by atoms with Crippen LogP contribution in [-0.2, 0) is 0 Å². The first-order chi connectivity index (χ1) is 9.52. The van der Waals surface area contributed by atoms with Gasteiger partial charge in [0.05, 0.1) is 12.0 Å². The van der Waals surface area contributed by atoms with Gasteiger partial charge in [-0.3, -0.25) is 10.1 Å². The van der Waals surface area contributed by atoms with Crippen molar-refractivity contribution in [1.82, 2.24) is 5.16 Å². The van der Waals surface area contributed by atoms with E-state index in [1.165, 1.54) is 13.0 Å². The maximum atomic E-state index is 10.9. The zero-order valence-corrected chi connectivity index (χ0v) is 12.4. The van der Waals surface area contributed by atoms with E-state index in [1.54, 1.807) is 19.3 Å². The molecule has 0 aliphatic heterocycles. The van der Waals surface area contributed by atoms with Crippen molar-refractivity contribution in [3.8, 4) is 5.75 Å². The van der Waals surface area contributed by atoms with Crippen LogP contribution in [0, 0.1) is 17.0 Å². The topological polar surface area (TPSA) is 78.4 Å². The predicted octanol–water partition coefficient (Wildman–Crippen LogP) is 3.83. The molecule has 0 spiro atoms. The molecule has 2 rings (SSSR count). The van der Waals surface area contributed by atoms with Gasteiger partial charge in [0.1, 0.15) is 5.75 Å². The monoisotopic (exact) mass is 338 g/mol. The first kappa shape index (κ1) is 14.3. The van der Waals surface area contributed by atoms with Crippen LogP contribution >= 0.6 is 15.9 Å². The Kier molecular flexibility index (Phi) is 4.19. The van der Waals surface area contributed by atoms with Crippen molar-refractivity contribution >= 4 is 33.8 Å². The number of ether oxygens (including phenoxy) is 1. The van der Waals surface area contributed by atoms with Crippen LogP contribution in [0.15, 0.2) is 27.2 Å². The third-order valence-corrected chi connectivity index (χ3v) is 3.14. The molecule has 1 heterocycles. The van der Waals surface area contributed by atoms with Crippen molar-refractivity contribution in [2.45, 2.75) is 6.92 Å². The summed E-state index contributed by atoms with van der Waals surface area (Å²) in [6.45, 7) is 1.53. The number of nitro groups is 1. The van der Waals surface area contributed by atoms with Crippen molar-refractivity contribution in [2.24, 2.45) is 0 Å². The Morgan fingerprint density at radius 3 is 2.85 bits per heavy atom. The second-order valence-electron chi connectivity index (χ2n) is 3.96. The number of benzene rings is 1.